The molecule has 2 aromatic carbocycles. The van der Waals surface area contributed by atoms with Crippen molar-refractivity contribution in [1.29, 1.82) is 0 Å². The molecule has 0 heterocycles. The lowest BCUT2D eigenvalue weighted by molar-refractivity contribution is 0.579. The van der Waals surface area contributed by atoms with Crippen LogP contribution >= 0.6 is 63.3 Å². The highest BCUT2D eigenvalue weighted by Gasteiger charge is 2.27. The first-order valence-corrected chi connectivity index (χ1v) is 13.3. The molecule has 0 atom stereocenters. The molecule has 0 amide bonds. The highest BCUT2D eigenvalue weighted by atomic mass is 35.7. The Morgan fingerprint density at radius 2 is 1.16 bits per heavy atom. The Morgan fingerprint density at radius 1 is 0.840 bits per heavy atom. The Labute approximate surface area is 170 Å². The number of rotatable bonds is 4. The molecule has 2 rings (SSSR count). The number of hydrogen-bond acceptors (Lipinski definition) is 7. The van der Waals surface area contributed by atoms with E-state index < -0.39 is 4.90 Å². The molecule has 0 radical (unpaired) electrons. The average molecular weight is 449 g/mol. The van der Waals surface area contributed by atoms with Gasteiger partial charge in [0.05, 0.1) is 0 Å². The van der Waals surface area contributed by atoms with Gasteiger partial charge in [-0.2, -0.15) is 0 Å². The SMILES string of the molecule is Cc1ccc(OC(=S)SP(=O)(Cl)SC(=S)Oc2ccc(C)cc2)cc1. The van der Waals surface area contributed by atoms with Crippen molar-refractivity contribution in [1.82, 2.24) is 0 Å². The number of benzene rings is 2. The molecule has 0 unspecified atom stereocenters. The van der Waals surface area contributed by atoms with Crippen molar-refractivity contribution in [2.75, 3.05) is 0 Å². The van der Waals surface area contributed by atoms with Crippen molar-refractivity contribution in [3.05, 3.63) is 59.7 Å². The van der Waals surface area contributed by atoms with Crippen molar-refractivity contribution in [3.8, 4) is 11.5 Å². The second-order valence-electron chi connectivity index (χ2n) is 4.94. The average Bonchev–Trinajstić information content (AvgIpc) is 2.50. The molecule has 2 aromatic rings. The fourth-order valence-corrected chi connectivity index (χ4v) is 10.1. The van der Waals surface area contributed by atoms with Gasteiger partial charge < -0.3 is 9.47 Å². The Bertz CT molecular complexity index is 744. The van der Waals surface area contributed by atoms with E-state index in [1.807, 2.05) is 38.1 Å². The zero-order valence-electron chi connectivity index (χ0n) is 13.3. The summed E-state index contributed by atoms with van der Waals surface area (Å²) in [5.74, 6) is 1.12. The van der Waals surface area contributed by atoms with Crippen LogP contribution in [-0.4, -0.2) is 8.77 Å². The van der Waals surface area contributed by atoms with Crippen LogP contribution in [0.2, 0.25) is 0 Å². The van der Waals surface area contributed by atoms with E-state index in [9.17, 15) is 4.57 Å². The van der Waals surface area contributed by atoms with Gasteiger partial charge in [0, 0.05) is 22.8 Å². The van der Waals surface area contributed by atoms with Crippen LogP contribution in [0.1, 0.15) is 11.1 Å². The van der Waals surface area contributed by atoms with E-state index in [-0.39, 0.29) is 8.77 Å². The summed E-state index contributed by atoms with van der Waals surface area (Å²) in [5, 5.41) is 0. The maximum atomic E-state index is 12.5. The van der Waals surface area contributed by atoms with Crippen molar-refractivity contribution in [3.63, 3.8) is 0 Å². The third-order valence-corrected chi connectivity index (χ3v) is 10.0. The van der Waals surface area contributed by atoms with Gasteiger partial charge in [0.1, 0.15) is 11.5 Å². The standard InChI is InChI=1S/C16H14ClO3PS4/c1-11-3-7-13(8-4-11)19-15(22)24-21(17,18)25-16(23)20-14-9-5-12(2)6-10-14/h3-10H,1-2H3. The third-order valence-electron chi connectivity index (χ3n) is 2.81. The Hall–Kier alpha value is -0.560. The van der Waals surface area contributed by atoms with Crippen LogP contribution in [0.5, 0.6) is 11.5 Å². The van der Waals surface area contributed by atoms with Gasteiger partial charge in [0.2, 0.25) is 8.77 Å². The molecular weight excluding hydrogens is 435 g/mol. The summed E-state index contributed by atoms with van der Waals surface area (Å²) in [5.41, 5.74) is 2.20. The van der Waals surface area contributed by atoms with Crippen LogP contribution in [-0.2, 0) is 4.57 Å². The summed E-state index contributed by atoms with van der Waals surface area (Å²) >= 11 is 17.8. The van der Waals surface area contributed by atoms with Gasteiger partial charge in [-0.1, -0.05) is 35.4 Å². The zero-order valence-corrected chi connectivity index (χ0v) is 18.2. The van der Waals surface area contributed by atoms with Gasteiger partial charge in [-0.15, -0.1) is 0 Å². The number of halogens is 1. The van der Waals surface area contributed by atoms with Crippen LogP contribution in [0, 0.1) is 13.8 Å². The van der Waals surface area contributed by atoms with Crippen molar-refractivity contribution in [2.45, 2.75) is 13.8 Å². The number of aryl methyl sites for hydroxylation is 2. The van der Waals surface area contributed by atoms with Crippen molar-refractivity contribution >= 4 is 72.1 Å². The predicted octanol–water partition coefficient (Wildman–Crippen LogP) is 7.14. The Morgan fingerprint density at radius 3 is 1.48 bits per heavy atom. The maximum Gasteiger partial charge on any atom is 0.291 e. The van der Waals surface area contributed by atoms with Crippen molar-refractivity contribution in [2.24, 2.45) is 0 Å². The van der Waals surface area contributed by atoms with Gasteiger partial charge >= 0.3 is 0 Å². The number of hydrogen-bond donors (Lipinski definition) is 0. The molecule has 3 nitrogen and oxygen atoms in total. The molecule has 25 heavy (non-hydrogen) atoms. The quantitative estimate of drug-likeness (QED) is 0.363. The van der Waals surface area contributed by atoms with Gasteiger partial charge in [-0.3, -0.25) is 4.57 Å². The van der Waals surface area contributed by atoms with Crippen LogP contribution in [0.25, 0.3) is 0 Å². The summed E-state index contributed by atoms with van der Waals surface area (Å²) in [7, 11) is 0. The predicted molar refractivity (Wildman–Crippen MR) is 117 cm³/mol. The lowest BCUT2D eigenvalue weighted by Gasteiger charge is -2.12. The zero-order chi connectivity index (χ0) is 18.4. The lowest BCUT2D eigenvalue weighted by Crippen LogP contribution is -2.01. The molecular formula is C16H14ClO3PS4. The normalized spacial score (nSPS) is 11.0. The summed E-state index contributed by atoms with van der Waals surface area (Å²) in [6.45, 7) is 3.94. The fourth-order valence-electron chi connectivity index (χ4n) is 1.64. The maximum absolute atomic E-state index is 12.5. The van der Waals surface area contributed by atoms with E-state index in [0.29, 0.717) is 11.5 Å². The third kappa shape index (κ3) is 7.69. The van der Waals surface area contributed by atoms with E-state index in [0.717, 1.165) is 33.9 Å². The first-order chi connectivity index (χ1) is 11.7. The second kappa shape index (κ2) is 9.40. The molecule has 132 valence electrons. The molecule has 0 aliphatic carbocycles. The Kier molecular flexibility index (Phi) is 7.80. The smallest absolute Gasteiger partial charge is 0.291 e. The molecule has 0 aromatic heterocycles. The van der Waals surface area contributed by atoms with E-state index in [1.54, 1.807) is 24.3 Å². The first-order valence-electron chi connectivity index (χ1n) is 6.99. The van der Waals surface area contributed by atoms with Gasteiger partial charge in [0.25, 0.3) is 4.90 Å². The molecule has 9 heteroatoms. The van der Waals surface area contributed by atoms with Gasteiger partial charge in [-0.25, -0.2) is 0 Å². The monoisotopic (exact) mass is 448 g/mol. The largest absolute Gasteiger partial charge is 0.439 e. The molecule has 0 bridgehead atoms. The van der Waals surface area contributed by atoms with E-state index in [1.165, 1.54) is 0 Å². The van der Waals surface area contributed by atoms with E-state index in [4.69, 9.17) is 45.2 Å². The molecule has 0 saturated heterocycles. The highest BCUT2D eigenvalue weighted by Crippen LogP contribution is 2.74. The minimum atomic E-state index is -3.32. The van der Waals surface area contributed by atoms with Crippen LogP contribution in [0.3, 0.4) is 0 Å². The summed E-state index contributed by atoms with van der Waals surface area (Å²) in [6.07, 6.45) is 0. The fraction of sp³-hybridized carbons (Fsp3) is 0.125. The summed E-state index contributed by atoms with van der Waals surface area (Å²) in [4.78, 5) is -3.32. The van der Waals surface area contributed by atoms with Crippen LogP contribution in [0.4, 0.5) is 0 Å². The van der Waals surface area contributed by atoms with Gasteiger partial charge in [0.15, 0.2) is 0 Å². The van der Waals surface area contributed by atoms with Crippen LogP contribution < -0.4 is 9.47 Å². The van der Waals surface area contributed by atoms with Crippen LogP contribution in [0.15, 0.2) is 48.5 Å². The first kappa shape index (κ1) is 20.7. The molecule has 0 N–H and O–H groups in total. The second-order valence-corrected chi connectivity index (χ2v) is 15.7. The summed E-state index contributed by atoms with van der Waals surface area (Å²) in [6, 6.07) is 14.7. The van der Waals surface area contributed by atoms with E-state index >= 15 is 0 Å². The molecule has 0 aliphatic heterocycles. The van der Waals surface area contributed by atoms with Gasteiger partial charge in [-0.05, 0) is 73.8 Å². The number of thiocarbonyl (C=S) groups is 2. The van der Waals surface area contributed by atoms with E-state index in [2.05, 4.69) is 0 Å². The summed E-state index contributed by atoms with van der Waals surface area (Å²) < 4.78 is 23.5. The molecule has 0 spiro atoms. The minimum Gasteiger partial charge on any atom is -0.439 e. The molecule has 0 aliphatic rings. The minimum absolute atomic E-state index is 0.0628. The molecule has 0 fully saturated rings. The topological polar surface area (TPSA) is 35.5 Å². The molecule has 0 saturated carbocycles. The Balaban J connectivity index is 1.88. The lowest BCUT2D eigenvalue weighted by atomic mass is 10.2. The highest BCUT2D eigenvalue weighted by molar-refractivity contribution is 9.03. The number of ether oxygens (including phenoxy) is 2. The van der Waals surface area contributed by atoms with Crippen molar-refractivity contribution < 1.29 is 14.0 Å².